The lowest BCUT2D eigenvalue weighted by atomic mass is 10.1. The fraction of sp³-hybridized carbons (Fsp3) is 0.462. The normalized spacial score (nSPS) is 12.0. The zero-order valence-electron chi connectivity index (χ0n) is 11.3. The Hall–Kier alpha value is -2.05. The molecule has 1 rings (SSSR count). The summed E-state index contributed by atoms with van der Waals surface area (Å²) in [6.45, 7) is 3.81. The highest BCUT2D eigenvalue weighted by Crippen LogP contribution is 2.21. The predicted octanol–water partition coefficient (Wildman–Crippen LogP) is 3.18. The van der Waals surface area contributed by atoms with Crippen LogP contribution in [0.4, 0.5) is 14.5 Å². The van der Waals surface area contributed by atoms with Crippen molar-refractivity contribution < 1.29 is 18.5 Å². The van der Waals surface area contributed by atoms with Crippen molar-refractivity contribution in [1.82, 2.24) is 5.32 Å². The summed E-state index contributed by atoms with van der Waals surface area (Å²) < 4.78 is 27.1. The van der Waals surface area contributed by atoms with E-state index in [2.05, 4.69) is 5.32 Å². The maximum atomic E-state index is 13.6. The van der Waals surface area contributed by atoms with Gasteiger partial charge in [0.2, 0.25) is 5.82 Å². The van der Waals surface area contributed by atoms with Gasteiger partial charge in [-0.25, -0.2) is 4.39 Å². The topological polar surface area (TPSA) is 72.2 Å². The van der Waals surface area contributed by atoms with Crippen LogP contribution in [0.5, 0.6) is 0 Å². The average molecular weight is 286 g/mol. The van der Waals surface area contributed by atoms with Crippen LogP contribution in [0.25, 0.3) is 0 Å². The molecule has 1 atom stereocenters. The van der Waals surface area contributed by atoms with Crippen LogP contribution in [0.2, 0.25) is 0 Å². The SMILES string of the molecule is CCCC(CC)NC(=O)c1cc(F)c([N+](=O)[O-])cc1F. The highest BCUT2D eigenvalue weighted by atomic mass is 19.1. The molecule has 0 bridgehead atoms. The summed E-state index contributed by atoms with van der Waals surface area (Å²) in [6, 6.07) is 0.845. The molecule has 0 fully saturated rings. The van der Waals surface area contributed by atoms with E-state index < -0.39 is 33.7 Å². The molecule has 5 nitrogen and oxygen atoms in total. The molecule has 0 aliphatic carbocycles. The maximum absolute atomic E-state index is 13.6. The molecular weight excluding hydrogens is 270 g/mol. The first-order valence-electron chi connectivity index (χ1n) is 6.34. The van der Waals surface area contributed by atoms with Crippen LogP contribution in [-0.4, -0.2) is 16.9 Å². The number of nitrogens with one attached hydrogen (secondary N) is 1. The number of hydrogen-bond donors (Lipinski definition) is 1. The Morgan fingerprint density at radius 1 is 1.35 bits per heavy atom. The number of nitro groups is 1. The van der Waals surface area contributed by atoms with Gasteiger partial charge in [0.15, 0.2) is 0 Å². The molecule has 0 spiro atoms. The van der Waals surface area contributed by atoms with E-state index in [4.69, 9.17) is 0 Å². The molecule has 20 heavy (non-hydrogen) atoms. The zero-order valence-corrected chi connectivity index (χ0v) is 11.3. The molecule has 7 heteroatoms. The second-order valence-corrected chi connectivity index (χ2v) is 4.41. The Morgan fingerprint density at radius 3 is 2.50 bits per heavy atom. The number of carbonyl (C=O) groups excluding carboxylic acids is 1. The predicted molar refractivity (Wildman–Crippen MR) is 69.5 cm³/mol. The molecule has 1 amide bonds. The van der Waals surface area contributed by atoms with Crippen molar-refractivity contribution in [2.24, 2.45) is 0 Å². The van der Waals surface area contributed by atoms with Gasteiger partial charge in [-0.2, -0.15) is 4.39 Å². The fourth-order valence-corrected chi connectivity index (χ4v) is 1.84. The van der Waals surface area contributed by atoms with E-state index in [1.54, 1.807) is 0 Å². The molecule has 0 saturated heterocycles. The lowest BCUT2D eigenvalue weighted by Crippen LogP contribution is -2.34. The van der Waals surface area contributed by atoms with Gasteiger partial charge < -0.3 is 5.32 Å². The molecule has 0 radical (unpaired) electrons. The number of nitrogens with zero attached hydrogens (tertiary/aromatic N) is 1. The summed E-state index contributed by atoms with van der Waals surface area (Å²) in [4.78, 5) is 21.3. The summed E-state index contributed by atoms with van der Waals surface area (Å²) >= 11 is 0. The van der Waals surface area contributed by atoms with E-state index in [0.717, 1.165) is 12.8 Å². The van der Waals surface area contributed by atoms with Crippen LogP contribution in [-0.2, 0) is 0 Å². The molecule has 0 aliphatic rings. The Kier molecular flexibility index (Phi) is 5.54. The summed E-state index contributed by atoms with van der Waals surface area (Å²) in [5.41, 5.74) is -1.51. The van der Waals surface area contributed by atoms with Crippen LogP contribution < -0.4 is 5.32 Å². The van der Waals surface area contributed by atoms with Crippen molar-refractivity contribution in [1.29, 1.82) is 0 Å². The summed E-state index contributed by atoms with van der Waals surface area (Å²) in [7, 11) is 0. The van der Waals surface area contributed by atoms with Crippen molar-refractivity contribution in [2.75, 3.05) is 0 Å². The van der Waals surface area contributed by atoms with Crippen molar-refractivity contribution >= 4 is 11.6 Å². The number of amides is 1. The van der Waals surface area contributed by atoms with Crippen LogP contribution in [0, 0.1) is 21.7 Å². The van der Waals surface area contributed by atoms with Crippen LogP contribution in [0.3, 0.4) is 0 Å². The highest BCUT2D eigenvalue weighted by Gasteiger charge is 2.23. The molecule has 110 valence electrons. The Balaban J connectivity index is 2.99. The second-order valence-electron chi connectivity index (χ2n) is 4.41. The molecular formula is C13H16F2N2O3. The monoisotopic (exact) mass is 286 g/mol. The van der Waals surface area contributed by atoms with Crippen LogP contribution in [0.15, 0.2) is 12.1 Å². The van der Waals surface area contributed by atoms with E-state index in [1.165, 1.54) is 0 Å². The molecule has 0 aliphatic heterocycles. The van der Waals surface area contributed by atoms with Gasteiger partial charge in [0.1, 0.15) is 5.82 Å². The molecule has 0 saturated carbocycles. The summed E-state index contributed by atoms with van der Waals surface area (Å²) in [5, 5.41) is 13.0. The van der Waals surface area contributed by atoms with Gasteiger partial charge in [-0.1, -0.05) is 20.3 Å². The molecule has 0 heterocycles. The lowest BCUT2D eigenvalue weighted by Gasteiger charge is -2.16. The van der Waals surface area contributed by atoms with Gasteiger partial charge in [-0.3, -0.25) is 14.9 Å². The Bertz CT molecular complexity index is 521. The van der Waals surface area contributed by atoms with E-state index in [0.29, 0.717) is 18.6 Å². The fourth-order valence-electron chi connectivity index (χ4n) is 1.84. The highest BCUT2D eigenvalue weighted by molar-refractivity contribution is 5.95. The number of halogens is 2. The smallest absolute Gasteiger partial charge is 0.307 e. The number of benzene rings is 1. The van der Waals surface area contributed by atoms with E-state index in [1.807, 2.05) is 13.8 Å². The standard InChI is InChI=1S/C13H16F2N2O3/c1-3-5-8(4-2)16-13(18)9-6-11(15)12(17(19)20)7-10(9)14/h6-8H,3-5H2,1-2H3,(H,16,18). The zero-order chi connectivity index (χ0) is 15.3. The second kappa shape index (κ2) is 6.93. The van der Waals surface area contributed by atoms with Crippen molar-refractivity contribution in [3.05, 3.63) is 39.4 Å². The maximum Gasteiger partial charge on any atom is 0.307 e. The van der Waals surface area contributed by atoms with Crippen molar-refractivity contribution in [3.8, 4) is 0 Å². The van der Waals surface area contributed by atoms with Crippen molar-refractivity contribution in [2.45, 2.75) is 39.2 Å². The summed E-state index contributed by atoms with van der Waals surface area (Å²) in [5.74, 6) is -3.11. The van der Waals surface area contributed by atoms with E-state index >= 15 is 0 Å². The third-order valence-electron chi connectivity index (χ3n) is 2.94. The van der Waals surface area contributed by atoms with E-state index in [9.17, 15) is 23.7 Å². The minimum Gasteiger partial charge on any atom is -0.349 e. The number of nitro benzene ring substituents is 1. The third-order valence-corrected chi connectivity index (χ3v) is 2.94. The Morgan fingerprint density at radius 2 is 2.00 bits per heavy atom. The van der Waals surface area contributed by atoms with Crippen LogP contribution >= 0.6 is 0 Å². The minimum atomic E-state index is -1.23. The van der Waals surface area contributed by atoms with E-state index in [-0.39, 0.29) is 6.04 Å². The van der Waals surface area contributed by atoms with Gasteiger partial charge in [-0.05, 0) is 18.9 Å². The molecule has 1 aromatic rings. The first-order chi connectivity index (χ1) is 9.40. The largest absolute Gasteiger partial charge is 0.349 e. The molecule has 1 aromatic carbocycles. The van der Waals surface area contributed by atoms with Gasteiger partial charge in [0.05, 0.1) is 16.6 Å². The molecule has 1 N–H and O–H groups in total. The lowest BCUT2D eigenvalue weighted by molar-refractivity contribution is -0.387. The quantitative estimate of drug-likeness (QED) is 0.644. The summed E-state index contributed by atoms with van der Waals surface area (Å²) in [6.07, 6.45) is 2.23. The molecule has 1 unspecified atom stereocenters. The number of hydrogen-bond acceptors (Lipinski definition) is 3. The van der Waals surface area contributed by atoms with Gasteiger partial charge in [0, 0.05) is 6.04 Å². The van der Waals surface area contributed by atoms with Crippen LogP contribution in [0.1, 0.15) is 43.5 Å². The Labute approximate surface area is 115 Å². The molecule has 0 aromatic heterocycles. The first kappa shape index (κ1) is 16.0. The van der Waals surface area contributed by atoms with Gasteiger partial charge in [-0.15, -0.1) is 0 Å². The van der Waals surface area contributed by atoms with Gasteiger partial charge in [0.25, 0.3) is 5.91 Å². The number of carbonyl (C=O) groups is 1. The number of rotatable bonds is 6. The third kappa shape index (κ3) is 3.72. The van der Waals surface area contributed by atoms with Crippen molar-refractivity contribution in [3.63, 3.8) is 0 Å². The van der Waals surface area contributed by atoms with Gasteiger partial charge >= 0.3 is 5.69 Å². The minimum absolute atomic E-state index is 0.134. The first-order valence-corrected chi connectivity index (χ1v) is 6.34. The average Bonchev–Trinajstić information content (AvgIpc) is 2.39.